The van der Waals surface area contributed by atoms with Gasteiger partial charge in [0.05, 0.1) is 5.39 Å². The van der Waals surface area contributed by atoms with Crippen molar-refractivity contribution in [3.63, 3.8) is 0 Å². The first-order chi connectivity index (χ1) is 9.19. The van der Waals surface area contributed by atoms with E-state index in [1.807, 2.05) is 17.8 Å². The highest BCUT2D eigenvalue weighted by molar-refractivity contribution is 7.18. The maximum absolute atomic E-state index is 4.63. The van der Waals surface area contributed by atoms with Gasteiger partial charge in [0.1, 0.15) is 10.6 Å². The first kappa shape index (κ1) is 12.1. The SMILES string of the molecule is CCNc1nc(-c2nccn2C)nc2sc(C)cc12. The number of aryl methyl sites for hydroxylation is 2. The van der Waals surface area contributed by atoms with E-state index < -0.39 is 0 Å². The summed E-state index contributed by atoms with van der Waals surface area (Å²) in [7, 11) is 1.95. The lowest BCUT2D eigenvalue weighted by molar-refractivity contribution is 0.909. The molecule has 0 aliphatic rings. The topological polar surface area (TPSA) is 55.6 Å². The van der Waals surface area contributed by atoms with E-state index in [4.69, 9.17) is 0 Å². The molecule has 0 saturated carbocycles. The van der Waals surface area contributed by atoms with Gasteiger partial charge in [-0.2, -0.15) is 0 Å². The number of thiophene rings is 1. The van der Waals surface area contributed by atoms with Crippen molar-refractivity contribution in [3.05, 3.63) is 23.3 Å². The van der Waals surface area contributed by atoms with Crippen LogP contribution in [0, 0.1) is 6.92 Å². The fourth-order valence-corrected chi connectivity index (χ4v) is 2.90. The smallest absolute Gasteiger partial charge is 0.199 e. The van der Waals surface area contributed by atoms with E-state index in [2.05, 4.69) is 40.2 Å². The molecule has 0 aromatic carbocycles. The highest BCUT2D eigenvalue weighted by atomic mass is 32.1. The first-order valence-electron chi connectivity index (χ1n) is 6.18. The van der Waals surface area contributed by atoms with Gasteiger partial charge < -0.3 is 9.88 Å². The monoisotopic (exact) mass is 273 g/mol. The van der Waals surface area contributed by atoms with Crippen LogP contribution in [0.4, 0.5) is 5.82 Å². The molecular formula is C13H15N5S. The number of aromatic nitrogens is 4. The van der Waals surface area contributed by atoms with Crippen LogP contribution in [0.3, 0.4) is 0 Å². The molecule has 0 aliphatic carbocycles. The van der Waals surface area contributed by atoms with E-state index in [1.165, 1.54) is 4.88 Å². The van der Waals surface area contributed by atoms with Crippen molar-refractivity contribution >= 4 is 27.4 Å². The lowest BCUT2D eigenvalue weighted by atomic mass is 10.3. The average molecular weight is 273 g/mol. The van der Waals surface area contributed by atoms with E-state index in [9.17, 15) is 0 Å². The van der Waals surface area contributed by atoms with Gasteiger partial charge in [-0.05, 0) is 19.9 Å². The number of fused-ring (bicyclic) bond motifs is 1. The van der Waals surface area contributed by atoms with Gasteiger partial charge in [0.2, 0.25) is 0 Å². The fraction of sp³-hybridized carbons (Fsp3) is 0.308. The minimum absolute atomic E-state index is 0.665. The van der Waals surface area contributed by atoms with E-state index in [0.29, 0.717) is 5.82 Å². The maximum Gasteiger partial charge on any atom is 0.199 e. The molecule has 3 rings (SSSR count). The van der Waals surface area contributed by atoms with Crippen LogP contribution in [-0.2, 0) is 7.05 Å². The molecule has 0 fully saturated rings. The third-order valence-electron chi connectivity index (χ3n) is 2.88. The average Bonchev–Trinajstić information content (AvgIpc) is 2.94. The Hall–Kier alpha value is -1.95. The Bertz CT molecular complexity index is 728. The van der Waals surface area contributed by atoms with Gasteiger partial charge >= 0.3 is 0 Å². The summed E-state index contributed by atoms with van der Waals surface area (Å²) in [5, 5.41) is 4.39. The van der Waals surface area contributed by atoms with Gasteiger partial charge in [-0.3, -0.25) is 0 Å². The van der Waals surface area contributed by atoms with Crippen LogP contribution in [0.25, 0.3) is 21.9 Å². The van der Waals surface area contributed by atoms with Crippen LogP contribution >= 0.6 is 11.3 Å². The molecular weight excluding hydrogens is 258 g/mol. The molecule has 0 unspecified atom stereocenters. The minimum atomic E-state index is 0.665. The Morgan fingerprint density at radius 3 is 2.89 bits per heavy atom. The largest absolute Gasteiger partial charge is 0.370 e. The lowest BCUT2D eigenvalue weighted by Crippen LogP contribution is -2.03. The molecule has 0 radical (unpaired) electrons. The summed E-state index contributed by atoms with van der Waals surface area (Å²) in [6, 6.07) is 2.13. The fourth-order valence-electron chi connectivity index (χ4n) is 2.03. The van der Waals surface area contributed by atoms with Gasteiger partial charge in [0.15, 0.2) is 11.6 Å². The highest BCUT2D eigenvalue weighted by Crippen LogP contribution is 2.30. The summed E-state index contributed by atoms with van der Waals surface area (Å²) < 4.78 is 1.93. The molecule has 3 heterocycles. The molecule has 1 N–H and O–H groups in total. The van der Waals surface area contributed by atoms with Gasteiger partial charge in [-0.15, -0.1) is 11.3 Å². The normalized spacial score (nSPS) is 11.1. The summed E-state index contributed by atoms with van der Waals surface area (Å²) in [6.07, 6.45) is 3.66. The second-order valence-corrected chi connectivity index (χ2v) is 5.60. The number of hydrogen-bond donors (Lipinski definition) is 1. The standard InChI is InChI=1S/C13H15N5S/c1-4-14-10-9-7-8(2)19-13(9)17-11(16-10)12-15-5-6-18(12)3/h5-7H,4H2,1-3H3,(H,14,16,17). The zero-order valence-corrected chi connectivity index (χ0v) is 12.0. The lowest BCUT2D eigenvalue weighted by Gasteiger charge is -2.06. The third-order valence-corrected chi connectivity index (χ3v) is 3.83. The molecule has 19 heavy (non-hydrogen) atoms. The Balaban J connectivity index is 2.24. The molecule has 6 heteroatoms. The van der Waals surface area contributed by atoms with Crippen LogP contribution in [0.15, 0.2) is 18.5 Å². The predicted molar refractivity (Wildman–Crippen MR) is 78.5 cm³/mol. The molecule has 0 atom stereocenters. The maximum atomic E-state index is 4.63. The van der Waals surface area contributed by atoms with Crippen molar-refractivity contribution in [2.45, 2.75) is 13.8 Å². The van der Waals surface area contributed by atoms with Crippen LogP contribution in [0.2, 0.25) is 0 Å². The van der Waals surface area contributed by atoms with Crippen LogP contribution in [0.1, 0.15) is 11.8 Å². The molecule has 0 saturated heterocycles. The number of hydrogen-bond acceptors (Lipinski definition) is 5. The molecule has 0 amide bonds. The minimum Gasteiger partial charge on any atom is -0.370 e. The predicted octanol–water partition coefficient (Wildman–Crippen LogP) is 2.83. The third kappa shape index (κ3) is 2.08. The van der Waals surface area contributed by atoms with Gasteiger partial charge in [-0.25, -0.2) is 15.0 Å². The highest BCUT2D eigenvalue weighted by Gasteiger charge is 2.13. The van der Waals surface area contributed by atoms with Gasteiger partial charge in [0.25, 0.3) is 0 Å². The summed E-state index contributed by atoms with van der Waals surface area (Å²) in [5.74, 6) is 2.33. The Labute approximate surface area is 115 Å². The molecule has 0 spiro atoms. The Kier molecular flexibility index (Phi) is 2.94. The quantitative estimate of drug-likeness (QED) is 0.797. The Morgan fingerprint density at radius 2 is 2.21 bits per heavy atom. The van der Waals surface area contributed by atoms with Crippen LogP contribution < -0.4 is 5.32 Å². The summed E-state index contributed by atoms with van der Waals surface area (Å²) >= 11 is 1.68. The van der Waals surface area contributed by atoms with Gasteiger partial charge in [-0.1, -0.05) is 0 Å². The van der Waals surface area contributed by atoms with Crippen molar-refractivity contribution in [2.24, 2.45) is 7.05 Å². The van der Waals surface area contributed by atoms with Crippen LogP contribution in [0.5, 0.6) is 0 Å². The number of imidazole rings is 1. The number of anilines is 1. The van der Waals surface area contributed by atoms with E-state index >= 15 is 0 Å². The number of nitrogens with zero attached hydrogens (tertiary/aromatic N) is 4. The summed E-state index contributed by atoms with van der Waals surface area (Å²) in [4.78, 5) is 15.8. The molecule has 0 bridgehead atoms. The summed E-state index contributed by atoms with van der Waals surface area (Å²) in [6.45, 7) is 4.98. The number of nitrogens with one attached hydrogen (secondary N) is 1. The van der Waals surface area contributed by atoms with E-state index in [-0.39, 0.29) is 0 Å². The van der Waals surface area contributed by atoms with Gasteiger partial charge in [0, 0.05) is 30.9 Å². The van der Waals surface area contributed by atoms with Crippen molar-refractivity contribution in [3.8, 4) is 11.6 Å². The van der Waals surface area contributed by atoms with Crippen molar-refractivity contribution in [2.75, 3.05) is 11.9 Å². The second kappa shape index (κ2) is 4.62. The summed E-state index contributed by atoms with van der Waals surface area (Å²) in [5.41, 5.74) is 0. The number of rotatable bonds is 3. The zero-order chi connectivity index (χ0) is 13.4. The Morgan fingerprint density at radius 1 is 1.37 bits per heavy atom. The second-order valence-electron chi connectivity index (χ2n) is 4.36. The molecule has 0 aliphatic heterocycles. The molecule has 3 aromatic rings. The molecule has 5 nitrogen and oxygen atoms in total. The molecule has 98 valence electrons. The first-order valence-corrected chi connectivity index (χ1v) is 7.00. The van der Waals surface area contributed by atoms with E-state index in [1.54, 1.807) is 17.5 Å². The van der Waals surface area contributed by atoms with E-state index in [0.717, 1.165) is 28.4 Å². The van der Waals surface area contributed by atoms with Crippen molar-refractivity contribution < 1.29 is 0 Å². The molecule has 3 aromatic heterocycles. The van der Waals surface area contributed by atoms with Crippen molar-refractivity contribution in [1.29, 1.82) is 0 Å². The zero-order valence-electron chi connectivity index (χ0n) is 11.1. The van der Waals surface area contributed by atoms with Crippen molar-refractivity contribution in [1.82, 2.24) is 19.5 Å². The van der Waals surface area contributed by atoms with Crippen LogP contribution in [-0.4, -0.2) is 26.1 Å².